The van der Waals surface area contributed by atoms with Gasteiger partial charge in [-0.1, -0.05) is 0 Å². The van der Waals surface area contributed by atoms with Crippen molar-refractivity contribution in [3.8, 4) is 0 Å². The zero-order valence-corrected chi connectivity index (χ0v) is 10.8. The number of alkyl halides is 3. The van der Waals surface area contributed by atoms with E-state index in [9.17, 15) is 21.6 Å². The van der Waals surface area contributed by atoms with Crippen LogP contribution in [0, 0.1) is 0 Å². The van der Waals surface area contributed by atoms with Crippen molar-refractivity contribution in [2.24, 2.45) is 0 Å². The summed E-state index contributed by atoms with van der Waals surface area (Å²) in [4.78, 5) is 0. The first kappa shape index (κ1) is 16.1. The lowest BCUT2D eigenvalue weighted by molar-refractivity contribution is -0.0327. The van der Waals surface area contributed by atoms with E-state index in [1.54, 1.807) is 13.8 Å². The fourth-order valence-electron chi connectivity index (χ4n) is 0.814. The maximum atomic E-state index is 11.7. The third-order valence-electron chi connectivity index (χ3n) is 1.83. The molecule has 0 saturated heterocycles. The maximum absolute atomic E-state index is 11.7. The molecule has 0 rings (SSSR count). The lowest BCUT2D eigenvalue weighted by Gasteiger charge is -2.09. The standard InChI is InChI=1S/C8H16F3NO2S2/c1-7(2)16(13,14)6-4-12-3-5-15-8(9,10)11/h7,12H,3-6H2,1-2H3. The van der Waals surface area contributed by atoms with Gasteiger partial charge in [-0.05, 0) is 25.6 Å². The fourth-order valence-corrected chi connectivity index (χ4v) is 2.19. The molecule has 3 nitrogen and oxygen atoms in total. The van der Waals surface area contributed by atoms with Crippen LogP contribution in [0.2, 0.25) is 0 Å². The van der Waals surface area contributed by atoms with Gasteiger partial charge in [-0.15, -0.1) is 0 Å². The molecule has 0 heterocycles. The highest BCUT2D eigenvalue weighted by Crippen LogP contribution is 2.29. The second kappa shape index (κ2) is 6.70. The zero-order chi connectivity index (χ0) is 12.8. The number of hydrogen-bond acceptors (Lipinski definition) is 4. The van der Waals surface area contributed by atoms with E-state index in [0.717, 1.165) is 0 Å². The number of thioether (sulfide) groups is 1. The summed E-state index contributed by atoms with van der Waals surface area (Å²) in [5, 5.41) is 2.22. The van der Waals surface area contributed by atoms with Crippen LogP contribution in [0.4, 0.5) is 13.2 Å². The Labute approximate surface area is 98.1 Å². The molecule has 0 aliphatic rings. The van der Waals surface area contributed by atoms with Gasteiger partial charge in [-0.25, -0.2) is 8.42 Å². The summed E-state index contributed by atoms with van der Waals surface area (Å²) in [6.45, 7) is 3.50. The quantitative estimate of drug-likeness (QED) is 0.720. The summed E-state index contributed by atoms with van der Waals surface area (Å²) in [5.41, 5.74) is -4.22. The Hall–Kier alpha value is 0.0500. The van der Waals surface area contributed by atoms with Crippen LogP contribution < -0.4 is 5.32 Å². The summed E-state index contributed by atoms with van der Waals surface area (Å²) < 4.78 is 57.7. The minimum atomic E-state index is -4.22. The van der Waals surface area contributed by atoms with Crippen LogP contribution in [0.3, 0.4) is 0 Å². The first-order chi connectivity index (χ1) is 7.15. The van der Waals surface area contributed by atoms with Crippen LogP contribution in [-0.4, -0.2) is 43.8 Å². The molecule has 0 aliphatic carbocycles. The van der Waals surface area contributed by atoms with Gasteiger partial charge in [0.05, 0.1) is 11.0 Å². The van der Waals surface area contributed by atoms with Gasteiger partial charge >= 0.3 is 5.51 Å². The van der Waals surface area contributed by atoms with Gasteiger partial charge in [-0.3, -0.25) is 0 Å². The number of nitrogens with one attached hydrogen (secondary N) is 1. The molecule has 8 heteroatoms. The molecule has 0 fully saturated rings. The van der Waals surface area contributed by atoms with Crippen LogP contribution in [0.25, 0.3) is 0 Å². The molecule has 0 atom stereocenters. The van der Waals surface area contributed by atoms with Crippen molar-refractivity contribution in [2.75, 3.05) is 24.6 Å². The Morgan fingerprint density at radius 2 is 1.81 bits per heavy atom. The minimum Gasteiger partial charge on any atom is -0.315 e. The molecule has 0 unspecified atom stereocenters. The molecule has 0 saturated carbocycles. The van der Waals surface area contributed by atoms with Gasteiger partial charge in [0.1, 0.15) is 0 Å². The normalized spacial score (nSPS) is 13.4. The average Bonchev–Trinajstić information content (AvgIpc) is 2.09. The third-order valence-corrected chi connectivity index (χ3v) is 4.77. The number of hydrogen-bond donors (Lipinski definition) is 1. The van der Waals surface area contributed by atoms with Crippen molar-refractivity contribution < 1.29 is 21.6 Å². The molecule has 0 radical (unpaired) electrons. The van der Waals surface area contributed by atoms with Gasteiger partial charge in [0.25, 0.3) is 0 Å². The van der Waals surface area contributed by atoms with Crippen LogP contribution in [0.1, 0.15) is 13.8 Å². The van der Waals surface area contributed by atoms with E-state index >= 15 is 0 Å². The highest BCUT2D eigenvalue weighted by Gasteiger charge is 2.27. The van der Waals surface area contributed by atoms with Crippen LogP contribution in [-0.2, 0) is 9.84 Å². The Kier molecular flexibility index (Phi) is 6.73. The first-order valence-corrected chi connectivity index (χ1v) is 7.48. The Bertz CT molecular complexity index is 288. The topological polar surface area (TPSA) is 46.2 Å². The van der Waals surface area contributed by atoms with Crippen LogP contribution in [0.15, 0.2) is 0 Å². The first-order valence-electron chi connectivity index (χ1n) is 4.78. The van der Waals surface area contributed by atoms with E-state index < -0.39 is 20.6 Å². The Morgan fingerprint density at radius 1 is 1.25 bits per heavy atom. The van der Waals surface area contributed by atoms with E-state index in [1.165, 1.54) is 0 Å². The molecule has 98 valence electrons. The number of rotatable bonds is 7. The molecule has 1 N–H and O–H groups in total. The predicted molar refractivity (Wildman–Crippen MR) is 60.3 cm³/mol. The summed E-state index contributed by atoms with van der Waals surface area (Å²) in [7, 11) is -3.11. The highest BCUT2D eigenvalue weighted by atomic mass is 32.2. The SMILES string of the molecule is CC(C)S(=O)(=O)CCNCCSC(F)(F)F. The van der Waals surface area contributed by atoms with Crippen molar-refractivity contribution in [2.45, 2.75) is 24.6 Å². The van der Waals surface area contributed by atoms with Gasteiger partial charge in [0, 0.05) is 18.8 Å². The number of halogens is 3. The lowest BCUT2D eigenvalue weighted by Crippen LogP contribution is -2.28. The average molecular weight is 279 g/mol. The molecular formula is C8H16F3NO2S2. The van der Waals surface area contributed by atoms with Gasteiger partial charge in [0.2, 0.25) is 0 Å². The monoisotopic (exact) mass is 279 g/mol. The maximum Gasteiger partial charge on any atom is 0.441 e. The summed E-state index contributed by atoms with van der Waals surface area (Å²) >= 11 is -0.114. The van der Waals surface area contributed by atoms with Crippen molar-refractivity contribution in [1.82, 2.24) is 5.32 Å². The fraction of sp³-hybridized carbons (Fsp3) is 1.00. The third kappa shape index (κ3) is 8.23. The largest absolute Gasteiger partial charge is 0.441 e. The van der Waals surface area contributed by atoms with E-state index in [4.69, 9.17) is 0 Å². The molecule has 0 bridgehead atoms. The Balaban J connectivity index is 3.56. The molecule has 0 aromatic heterocycles. The molecule has 0 aromatic carbocycles. The van der Waals surface area contributed by atoms with Crippen molar-refractivity contribution in [3.05, 3.63) is 0 Å². The summed E-state index contributed by atoms with van der Waals surface area (Å²) in [6.07, 6.45) is 0. The van der Waals surface area contributed by atoms with Gasteiger partial charge in [0.15, 0.2) is 9.84 Å². The smallest absolute Gasteiger partial charge is 0.315 e. The molecule has 0 aliphatic heterocycles. The molecule has 0 aromatic rings. The Morgan fingerprint density at radius 3 is 2.25 bits per heavy atom. The zero-order valence-electron chi connectivity index (χ0n) is 9.17. The van der Waals surface area contributed by atoms with Crippen molar-refractivity contribution in [3.63, 3.8) is 0 Å². The summed E-state index contributed by atoms with van der Waals surface area (Å²) in [6, 6.07) is 0. The number of sulfone groups is 1. The van der Waals surface area contributed by atoms with Crippen LogP contribution >= 0.6 is 11.8 Å². The molecule has 0 spiro atoms. The second-order valence-electron chi connectivity index (χ2n) is 3.46. The highest BCUT2D eigenvalue weighted by molar-refractivity contribution is 8.00. The van der Waals surface area contributed by atoms with E-state index in [-0.39, 0.29) is 36.4 Å². The lowest BCUT2D eigenvalue weighted by atomic mass is 10.6. The van der Waals surface area contributed by atoms with E-state index in [1.807, 2.05) is 0 Å². The predicted octanol–water partition coefficient (Wildman–Crippen LogP) is 1.65. The molecule has 16 heavy (non-hydrogen) atoms. The van der Waals surface area contributed by atoms with Crippen molar-refractivity contribution >= 4 is 21.6 Å². The van der Waals surface area contributed by atoms with Gasteiger partial charge in [-0.2, -0.15) is 13.2 Å². The van der Waals surface area contributed by atoms with E-state index in [2.05, 4.69) is 5.32 Å². The van der Waals surface area contributed by atoms with Crippen molar-refractivity contribution in [1.29, 1.82) is 0 Å². The molecule has 0 amide bonds. The summed E-state index contributed by atoms with van der Waals surface area (Å²) in [5.74, 6) is -0.146. The van der Waals surface area contributed by atoms with Crippen LogP contribution in [0.5, 0.6) is 0 Å². The minimum absolute atomic E-state index is 0.0403. The second-order valence-corrected chi connectivity index (χ2v) is 7.30. The molecular weight excluding hydrogens is 263 g/mol. The van der Waals surface area contributed by atoms with E-state index in [0.29, 0.717) is 0 Å². The van der Waals surface area contributed by atoms with Gasteiger partial charge < -0.3 is 5.32 Å².